The van der Waals surface area contributed by atoms with Crippen LogP contribution < -0.4 is 0 Å². The van der Waals surface area contributed by atoms with Crippen LogP contribution in [0.5, 0.6) is 0 Å². The molecule has 2 aliphatic rings. The van der Waals surface area contributed by atoms with Crippen molar-refractivity contribution in [2.24, 2.45) is 5.41 Å². The number of ether oxygens (including phenoxy) is 2. The first-order valence-electron chi connectivity index (χ1n) is 14.1. The number of carbonyl (C=O) groups is 2. The molecule has 0 radical (unpaired) electrons. The molecule has 0 spiro atoms. The summed E-state index contributed by atoms with van der Waals surface area (Å²) < 4.78 is 10.2. The van der Waals surface area contributed by atoms with E-state index in [4.69, 9.17) is 9.47 Å². The summed E-state index contributed by atoms with van der Waals surface area (Å²) in [5, 5.41) is 24.1. The van der Waals surface area contributed by atoms with Crippen LogP contribution >= 0.6 is 23.5 Å². The summed E-state index contributed by atoms with van der Waals surface area (Å²) in [6, 6.07) is 29.8. The van der Waals surface area contributed by atoms with E-state index < -0.39 is 28.6 Å². The van der Waals surface area contributed by atoms with E-state index in [2.05, 4.69) is 23.7 Å². The van der Waals surface area contributed by atoms with Crippen LogP contribution in [0.1, 0.15) is 35.1 Å². The number of benzene rings is 4. The maximum atomic E-state index is 13.4. The molecule has 8 heteroatoms. The van der Waals surface area contributed by atoms with Gasteiger partial charge >= 0.3 is 11.9 Å². The monoisotopic (exact) mass is 632 g/mol. The molecule has 0 atom stereocenters. The number of carbonyl (C=O) groups excluding carboxylic acids is 2. The minimum Gasteiger partial charge on any atom is -0.468 e. The zero-order valence-electron chi connectivity index (χ0n) is 24.5. The SMILES string of the molecule is COC(=O)C(CC#CC1(O)c2ccccc2Sc2ccccc21)(CC#CC1(O)c2ccccc2Sc2ccccc21)C(=O)OC. The summed E-state index contributed by atoms with van der Waals surface area (Å²) in [4.78, 5) is 30.1. The molecular weight excluding hydrogens is 605 g/mol. The quantitative estimate of drug-likeness (QED) is 0.163. The van der Waals surface area contributed by atoms with Crippen molar-refractivity contribution in [1.82, 2.24) is 0 Å². The molecule has 0 unspecified atom stereocenters. The number of aliphatic hydroxyl groups is 2. The van der Waals surface area contributed by atoms with Crippen molar-refractivity contribution in [2.45, 2.75) is 43.6 Å². The lowest BCUT2D eigenvalue weighted by Crippen LogP contribution is -2.41. The molecule has 224 valence electrons. The van der Waals surface area contributed by atoms with Gasteiger partial charge in [-0.05, 0) is 24.3 Å². The average Bonchev–Trinajstić information content (AvgIpc) is 3.07. The molecule has 0 bridgehead atoms. The predicted molar refractivity (Wildman–Crippen MR) is 171 cm³/mol. The Morgan fingerprint density at radius 1 is 0.600 bits per heavy atom. The summed E-state index contributed by atoms with van der Waals surface area (Å²) in [6.07, 6.45) is -0.690. The van der Waals surface area contributed by atoms with Gasteiger partial charge < -0.3 is 19.7 Å². The van der Waals surface area contributed by atoms with Crippen LogP contribution in [-0.4, -0.2) is 36.4 Å². The lowest BCUT2D eigenvalue weighted by Gasteiger charge is -2.32. The standard InChI is InChI=1S/C37H28O6S2/c1-42-33(38)35(34(39)43-2,21-11-23-36(40)25-13-3-7-17-29(25)44-30-18-8-4-14-26(30)36)22-12-24-37(41)27-15-5-9-19-31(27)45-32-20-10-6-16-28(32)37/h3-10,13-20,40-41H,21-22H2,1-2H3. The van der Waals surface area contributed by atoms with E-state index >= 15 is 0 Å². The van der Waals surface area contributed by atoms with Gasteiger partial charge in [0.05, 0.1) is 14.2 Å². The van der Waals surface area contributed by atoms with Crippen LogP contribution in [0.4, 0.5) is 0 Å². The second-order valence-electron chi connectivity index (χ2n) is 10.6. The highest BCUT2D eigenvalue weighted by atomic mass is 32.2. The number of hydrogen-bond donors (Lipinski definition) is 2. The molecule has 0 aromatic heterocycles. The summed E-state index contributed by atoms with van der Waals surface area (Å²) in [7, 11) is 2.36. The molecular formula is C37H28O6S2. The van der Waals surface area contributed by atoms with Crippen LogP contribution in [-0.2, 0) is 30.3 Å². The predicted octanol–water partition coefficient (Wildman–Crippen LogP) is 5.91. The fraction of sp³-hybridized carbons (Fsp3) is 0.189. The minimum atomic E-state index is -1.94. The summed E-state index contributed by atoms with van der Waals surface area (Å²) in [5.41, 5.74) is -2.89. The molecule has 2 N–H and O–H groups in total. The molecule has 0 fully saturated rings. The van der Waals surface area contributed by atoms with Crippen molar-refractivity contribution in [3.05, 3.63) is 119 Å². The largest absolute Gasteiger partial charge is 0.468 e. The number of fused-ring (bicyclic) bond motifs is 4. The van der Waals surface area contributed by atoms with E-state index in [0.717, 1.165) is 19.6 Å². The van der Waals surface area contributed by atoms with Crippen LogP contribution in [0.2, 0.25) is 0 Å². The Labute approximate surface area is 270 Å². The second-order valence-corrected chi connectivity index (χ2v) is 12.8. The third-order valence-corrected chi connectivity index (χ3v) is 10.3. The fourth-order valence-corrected chi connectivity index (χ4v) is 8.05. The van der Waals surface area contributed by atoms with Crippen molar-refractivity contribution in [2.75, 3.05) is 14.2 Å². The highest BCUT2D eigenvalue weighted by molar-refractivity contribution is 7.99. The van der Waals surface area contributed by atoms with Crippen molar-refractivity contribution in [3.63, 3.8) is 0 Å². The molecule has 6 nitrogen and oxygen atoms in total. The van der Waals surface area contributed by atoms with Crippen molar-refractivity contribution >= 4 is 35.5 Å². The van der Waals surface area contributed by atoms with Crippen LogP contribution in [0.25, 0.3) is 0 Å². The lowest BCUT2D eigenvalue weighted by atomic mass is 9.79. The van der Waals surface area contributed by atoms with E-state index in [0.29, 0.717) is 22.3 Å². The lowest BCUT2D eigenvalue weighted by molar-refractivity contribution is -0.168. The van der Waals surface area contributed by atoms with Gasteiger partial charge in [0.2, 0.25) is 0 Å². The van der Waals surface area contributed by atoms with Gasteiger partial charge in [-0.2, -0.15) is 0 Å². The maximum Gasteiger partial charge on any atom is 0.325 e. The van der Waals surface area contributed by atoms with Gasteiger partial charge in [0.25, 0.3) is 0 Å². The van der Waals surface area contributed by atoms with Gasteiger partial charge in [-0.25, -0.2) is 0 Å². The Bertz CT molecular complexity index is 1710. The number of hydrogen-bond acceptors (Lipinski definition) is 8. The molecule has 0 saturated heterocycles. The normalized spacial score (nSPS) is 14.8. The Morgan fingerprint density at radius 3 is 1.18 bits per heavy atom. The zero-order valence-corrected chi connectivity index (χ0v) is 26.1. The summed E-state index contributed by atoms with van der Waals surface area (Å²) in [6.45, 7) is 0. The Hall–Kier alpha value is -4.44. The molecule has 2 heterocycles. The number of methoxy groups -OCH3 is 2. The molecule has 0 saturated carbocycles. The van der Waals surface area contributed by atoms with E-state index in [9.17, 15) is 19.8 Å². The number of esters is 2. The summed E-state index contributed by atoms with van der Waals surface area (Å²) in [5.74, 6) is 10.1. The minimum absolute atomic E-state index is 0.345. The molecule has 2 aliphatic heterocycles. The van der Waals surface area contributed by atoms with E-state index in [1.54, 1.807) is 0 Å². The van der Waals surface area contributed by atoms with E-state index in [1.807, 2.05) is 97.1 Å². The van der Waals surface area contributed by atoms with Gasteiger partial charge in [-0.1, -0.05) is 120 Å². The van der Waals surface area contributed by atoms with Gasteiger partial charge in [0, 0.05) is 54.7 Å². The van der Waals surface area contributed by atoms with Crippen molar-refractivity contribution in [1.29, 1.82) is 0 Å². The van der Waals surface area contributed by atoms with E-state index in [-0.39, 0.29) is 12.8 Å². The van der Waals surface area contributed by atoms with Crippen molar-refractivity contribution < 1.29 is 29.3 Å². The molecule has 45 heavy (non-hydrogen) atoms. The third kappa shape index (κ3) is 5.20. The highest BCUT2D eigenvalue weighted by Crippen LogP contribution is 2.49. The smallest absolute Gasteiger partial charge is 0.325 e. The van der Waals surface area contributed by atoms with E-state index in [1.165, 1.54) is 37.7 Å². The summed E-state index contributed by atoms with van der Waals surface area (Å²) >= 11 is 3.07. The van der Waals surface area contributed by atoms with Crippen LogP contribution in [0.3, 0.4) is 0 Å². The Kier molecular flexibility index (Phi) is 8.26. The number of rotatable bonds is 4. The Balaban J connectivity index is 1.41. The third-order valence-electron chi connectivity index (χ3n) is 8.02. The topological polar surface area (TPSA) is 93.1 Å². The zero-order chi connectivity index (χ0) is 31.7. The van der Waals surface area contributed by atoms with Gasteiger partial charge in [-0.15, -0.1) is 0 Å². The molecule has 4 aromatic carbocycles. The molecule has 0 aliphatic carbocycles. The highest BCUT2D eigenvalue weighted by Gasteiger charge is 2.48. The van der Waals surface area contributed by atoms with Gasteiger partial charge in [-0.3, -0.25) is 9.59 Å². The Morgan fingerprint density at radius 2 is 0.889 bits per heavy atom. The second kappa shape index (κ2) is 12.2. The van der Waals surface area contributed by atoms with Crippen molar-refractivity contribution in [3.8, 4) is 23.7 Å². The maximum absolute atomic E-state index is 13.4. The first-order chi connectivity index (χ1) is 21.8. The fourth-order valence-electron chi connectivity index (χ4n) is 5.69. The first kappa shape index (κ1) is 30.6. The van der Waals surface area contributed by atoms with Crippen LogP contribution in [0.15, 0.2) is 117 Å². The van der Waals surface area contributed by atoms with Crippen LogP contribution in [0, 0.1) is 29.1 Å². The first-order valence-corrected chi connectivity index (χ1v) is 15.8. The van der Waals surface area contributed by atoms with Gasteiger partial charge in [0.15, 0.2) is 16.6 Å². The molecule has 6 rings (SSSR count). The van der Waals surface area contributed by atoms with Gasteiger partial charge in [0.1, 0.15) is 0 Å². The average molecular weight is 633 g/mol. The molecule has 0 amide bonds. The molecule has 4 aromatic rings.